The first kappa shape index (κ1) is 12.0. The molecular formula is C13H11ClFNO. The minimum atomic E-state index is -0.773. The molecule has 2 rings (SSSR count). The fourth-order valence-corrected chi connectivity index (χ4v) is 1.81. The van der Waals surface area contributed by atoms with Crippen molar-refractivity contribution in [2.24, 2.45) is 0 Å². The lowest BCUT2D eigenvalue weighted by Crippen LogP contribution is -2.02. The fourth-order valence-electron chi connectivity index (χ4n) is 1.61. The Morgan fingerprint density at radius 2 is 2.18 bits per heavy atom. The Labute approximate surface area is 104 Å². The maximum Gasteiger partial charge on any atom is 0.123 e. The molecule has 0 amide bonds. The van der Waals surface area contributed by atoms with Crippen LogP contribution in [0.15, 0.2) is 42.7 Å². The second-order valence-electron chi connectivity index (χ2n) is 3.74. The average Bonchev–Trinajstić information content (AvgIpc) is 2.32. The zero-order valence-corrected chi connectivity index (χ0v) is 9.73. The second kappa shape index (κ2) is 5.25. The van der Waals surface area contributed by atoms with Gasteiger partial charge in [-0.25, -0.2) is 4.39 Å². The van der Waals surface area contributed by atoms with E-state index in [0.717, 1.165) is 5.56 Å². The SMILES string of the molecule is OC(Cc1ccncc1Cl)c1cccc(F)c1. The van der Waals surface area contributed by atoms with Crippen LogP contribution in [0.4, 0.5) is 4.39 Å². The van der Waals surface area contributed by atoms with Gasteiger partial charge in [0, 0.05) is 18.8 Å². The van der Waals surface area contributed by atoms with E-state index >= 15 is 0 Å². The van der Waals surface area contributed by atoms with Crippen LogP contribution in [0.3, 0.4) is 0 Å². The van der Waals surface area contributed by atoms with Crippen molar-refractivity contribution in [2.45, 2.75) is 12.5 Å². The van der Waals surface area contributed by atoms with Gasteiger partial charge < -0.3 is 5.11 Å². The van der Waals surface area contributed by atoms with E-state index in [0.29, 0.717) is 17.0 Å². The zero-order chi connectivity index (χ0) is 12.3. The van der Waals surface area contributed by atoms with Gasteiger partial charge >= 0.3 is 0 Å². The summed E-state index contributed by atoms with van der Waals surface area (Å²) >= 11 is 5.94. The molecule has 4 heteroatoms. The van der Waals surface area contributed by atoms with Gasteiger partial charge in [-0.3, -0.25) is 4.98 Å². The van der Waals surface area contributed by atoms with Crippen molar-refractivity contribution in [3.63, 3.8) is 0 Å². The van der Waals surface area contributed by atoms with E-state index in [2.05, 4.69) is 4.98 Å². The molecule has 17 heavy (non-hydrogen) atoms. The van der Waals surface area contributed by atoms with E-state index < -0.39 is 6.10 Å². The summed E-state index contributed by atoms with van der Waals surface area (Å²) in [5.41, 5.74) is 1.33. The first-order valence-corrected chi connectivity index (χ1v) is 5.56. The van der Waals surface area contributed by atoms with E-state index in [1.807, 2.05) is 0 Å². The molecule has 2 aromatic rings. The molecule has 1 heterocycles. The lowest BCUT2D eigenvalue weighted by atomic mass is 10.0. The van der Waals surface area contributed by atoms with Crippen molar-refractivity contribution in [2.75, 3.05) is 0 Å². The molecule has 0 spiro atoms. The van der Waals surface area contributed by atoms with Gasteiger partial charge in [0.25, 0.3) is 0 Å². The van der Waals surface area contributed by atoms with Crippen molar-refractivity contribution in [1.29, 1.82) is 0 Å². The van der Waals surface area contributed by atoms with E-state index in [-0.39, 0.29) is 5.82 Å². The van der Waals surface area contributed by atoms with E-state index in [1.54, 1.807) is 24.4 Å². The van der Waals surface area contributed by atoms with Gasteiger partial charge in [0.2, 0.25) is 0 Å². The molecule has 0 saturated carbocycles. The zero-order valence-electron chi connectivity index (χ0n) is 8.98. The summed E-state index contributed by atoms with van der Waals surface area (Å²) < 4.78 is 13.0. The van der Waals surface area contributed by atoms with Gasteiger partial charge in [-0.2, -0.15) is 0 Å². The highest BCUT2D eigenvalue weighted by Crippen LogP contribution is 2.22. The number of benzene rings is 1. The number of hydrogen-bond acceptors (Lipinski definition) is 2. The summed E-state index contributed by atoms with van der Waals surface area (Å²) in [6, 6.07) is 7.66. The van der Waals surface area contributed by atoms with Crippen LogP contribution >= 0.6 is 11.6 Å². The van der Waals surface area contributed by atoms with Crippen molar-refractivity contribution in [3.8, 4) is 0 Å². The predicted molar refractivity (Wildman–Crippen MR) is 64.3 cm³/mol. The maximum absolute atomic E-state index is 13.0. The van der Waals surface area contributed by atoms with Crippen molar-refractivity contribution in [3.05, 3.63) is 64.7 Å². The van der Waals surface area contributed by atoms with Crippen molar-refractivity contribution in [1.82, 2.24) is 4.98 Å². The molecule has 0 aliphatic heterocycles. The van der Waals surface area contributed by atoms with Crippen LogP contribution in [0.1, 0.15) is 17.2 Å². The summed E-state index contributed by atoms with van der Waals surface area (Å²) in [5, 5.41) is 10.5. The standard InChI is InChI=1S/C13H11ClFNO/c14-12-8-16-5-4-9(12)7-13(17)10-2-1-3-11(15)6-10/h1-6,8,13,17H,7H2. The maximum atomic E-state index is 13.0. The van der Waals surface area contributed by atoms with Crippen LogP contribution in [-0.2, 0) is 6.42 Å². The van der Waals surface area contributed by atoms with Crippen LogP contribution in [0, 0.1) is 5.82 Å². The number of aromatic nitrogens is 1. The topological polar surface area (TPSA) is 33.1 Å². The molecule has 1 aromatic carbocycles. The van der Waals surface area contributed by atoms with E-state index in [9.17, 15) is 9.50 Å². The Hall–Kier alpha value is -1.45. The van der Waals surface area contributed by atoms with Crippen LogP contribution in [0.5, 0.6) is 0 Å². The van der Waals surface area contributed by atoms with E-state index in [4.69, 9.17) is 11.6 Å². The number of nitrogens with zero attached hydrogens (tertiary/aromatic N) is 1. The van der Waals surface area contributed by atoms with Gasteiger partial charge in [-0.05, 0) is 29.3 Å². The quantitative estimate of drug-likeness (QED) is 0.909. The normalized spacial score (nSPS) is 12.4. The molecule has 1 unspecified atom stereocenters. The second-order valence-corrected chi connectivity index (χ2v) is 4.15. The third-order valence-corrected chi connectivity index (χ3v) is 2.84. The van der Waals surface area contributed by atoms with Crippen LogP contribution in [-0.4, -0.2) is 10.1 Å². The number of rotatable bonds is 3. The number of halogens is 2. The van der Waals surface area contributed by atoms with Gasteiger partial charge in [0.05, 0.1) is 11.1 Å². The van der Waals surface area contributed by atoms with Crippen molar-refractivity contribution < 1.29 is 9.50 Å². The number of pyridine rings is 1. The molecule has 88 valence electrons. The Balaban J connectivity index is 2.17. The average molecular weight is 252 g/mol. The van der Waals surface area contributed by atoms with Gasteiger partial charge in [0.15, 0.2) is 0 Å². The smallest absolute Gasteiger partial charge is 0.123 e. The summed E-state index contributed by atoms with van der Waals surface area (Å²) in [5.74, 6) is -0.359. The number of aliphatic hydroxyl groups excluding tert-OH is 1. The largest absolute Gasteiger partial charge is 0.388 e. The molecular weight excluding hydrogens is 241 g/mol. The Morgan fingerprint density at radius 1 is 1.35 bits per heavy atom. The molecule has 0 radical (unpaired) electrons. The molecule has 1 aromatic heterocycles. The third-order valence-electron chi connectivity index (χ3n) is 2.50. The monoisotopic (exact) mass is 251 g/mol. The first-order chi connectivity index (χ1) is 8.16. The van der Waals surface area contributed by atoms with Gasteiger partial charge in [-0.1, -0.05) is 23.7 Å². The molecule has 0 aliphatic rings. The summed E-state index contributed by atoms with van der Waals surface area (Å²) in [6.07, 6.45) is 2.70. The minimum absolute atomic E-state index is 0.338. The third kappa shape index (κ3) is 3.02. The molecule has 0 aliphatic carbocycles. The highest BCUT2D eigenvalue weighted by molar-refractivity contribution is 6.31. The Kier molecular flexibility index (Phi) is 3.71. The summed E-state index contributed by atoms with van der Waals surface area (Å²) in [6.45, 7) is 0. The lowest BCUT2D eigenvalue weighted by molar-refractivity contribution is 0.178. The lowest BCUT2D eigenvalue weighted by Gasteiger charge is -2.11. The molecule has 0 bridgehead atoms. The fraction of sp³-hybridized carbons (Fsp3) is 0.154. The molecule has 0 saturated heterocycles. The minimum Gasteiger partial charge on any atom is -0.388 e. The predicted octanol–water partition coefficient (Wildman–Crippen LogP) is 3.15. The summed E-state index contributed by atoms with van der Waals surface area (Å²) in [4.78, 5) is 3.87. The summed E-state index contributed by atoms with van der Waals surface area (Å²) in [7, 11) is 0. The van der Waals surface area contributed by atoms with E-state index in [1.165, 1.54) is 18.3 Å². The number of hydrogen-bond donors (Lipinski definition) is 1. The number of aliphatic hydroxyl groups is 1. The van der Waals surface area contributed by atoms with Crippen LogP contribution < -0.4 is 0 Å². The van der Waals surface area contributed by atoms with Gasteiger partial charge in [-0.15, -0.1) is 0 Å². The highest BCUT2D eigenvalue weighted by atomic mass is 35.5. The van der Waals surface area contributed by atoms with Crippen molar-refractivity contribution >= 4 is 11.6 Å². The highest BCUT2D eigenvalue weighted by Gasteiger charge is 2.11. The molecule has 1 N–H and O–H groups in total. The molecule has 2 nitrogen and oxygen atoms in total. The van der Waals surface area contributed by atoms with Crippen LogP contribution in [0.25, 0.3) is 0 Å². The first-order valence-electron chi connectivity index (χ1n) is 5.19. The van der Waals surface area contributed by atoms with Gasteiger partial charge in [0.1, 0.15) is 5.82 Å². The molecule has 0 fully saturated rings. The molecule has 1 atom stereocenters. The van der Waals surface area contributed by atoms with Crippen LogP contribution in [0.2, 0.25) is 5.02 Å². The Bertz CT molecular complexity index is 518. The Morgan fingerprint density at radius 3 is 2.88 bits per heavy atom.